The minimum Gasteiger partial charge on any atom is -0.145 e. The lowest BCUT2D eigenvalue weighted by atomic mass is 10.8. The fraction of sp³-hybridized carbons (Fsp3) is 0.500. The molecule has 0 spiro atoms. The van der Waals surface area contributed by atoms with Crippen LogP contribution >= 0.6 is 17.4 Å². The molecule has 0 heterocycles. The highest BCUT2D eigenvalue weighted by Gasteiger charge is 1.94. The molecule has 0 amide bonds. The summed E-state index contributed by atoms with van der Waals surface area (Å²) in [6.45, 7) is 6.47. The predicted octanol–water partition coefficient (Wildman–Crippen LogP) is 1.70. The standard InChI is InChI=1S/C2H6O4P2.C2H4/c3-7-5-1-2-6-8-4;1-2/h7-8H,1-2H2;1-2H2/q+2;. The fourth-order valence-electron chi connectivity index (χ4n) is 0.167. The van der Waals surface area contributed by atoms with Gasteiger partial charge in [0.1, 0.15) is 13.2 Å². The Hall–Kier alpha value is -0.140. The van der Waals surface area contributed by atoms with Crippen LogP contribution in [0.4, 0.5) is 0 Å². The molecule has 0 rings (SSSR count). The van der Waals surface area contributed by atoms with Crippen molar-refractivity contribution in [2.24, 2.45) is 0 Å². The Morgan fingerprint density at radius 1 is 1.00 bits per heavy atom. The van der Waals surface area contributed by atoms with Gasteiger partial charge in [0.2, 0.25) is 0 Å². The molecule has 10 heavy (non-hydrogen) atoms. The van der Waals surface area contributed by atoms with Gasteiger partial charge in [-0.25, -0.2) is 0 Å². The molecule has 58 valence electrons. The van der Waals surface area contributed by atoms with E-state index >= 15 is 0 Å². The summed E-state index contributed by atoms with van der Waals surface area (Å²) < 4.78 is 27.8. The van der Waals surface area contributed by atoms with E-state index in [1.165, 1.54) is 0 Å². The molecule has 0 aromatic carbocycles. The predicted molar refractivity (Wildman–Crippen MR) is 41.2 cm³/mol. The summed E-state index contributed by atoms with van der Waals surface area (Å²) in [6.07, 6.45) is 0. The number of rotatable bonds is 5. The molecular weight excluding hydrogens is 174 g/mol. The first-order valence-electron chi connectivity index (χ1n) is 2.39. The first-order chi connectivity index (χ1) is 4.91. The summed E-state index contributed by atoms with van der Waals surface area (Å²) in [5.74, 6) is 0. The van der Waals surface area contributed by atoms with Crippen LogP contribution in [0.3, 0.4) is 0 Å². The van der Waals surface area contributed by atoms with Crippen LogP contribution in [0.5, 0.6) is 0 Å². The van der Waals surface area contributed by atoms with Gasteiger partial charge in [0.15, 0.2) is 0 Å². The molecule has 4 nitrogen and oxygen atoms in total. The number of hydrogen-bond acceptors (Lipinski definition) is 4. The quantitative estimate of drug-likeness (QED) is 0.370. The molecule has 0 aliphatic carbocycles. The minimum absolute atomic E-state index is 0.233. The van der Waals surface area contributed by atoms with Crippen molar-refractivity contribution >= 4 is 17.4 Å². The molecule has 0 aliphatic rings. The highest BCUT2D eigenvalue weighted by molar-refractivity contribution is 7.17. The van der Waals surface area contributed by atoms with Gasteiger partial charge in [-0.1, -0.05) is 0 Å². The van der Waals surface area contributed by atoms with Crippen LogP contribution in [-0.2, 0) is 18.2 Å². The van der Waals surface area contributed by atoms with E-state index in [9.17, 15) is 9.13 Å². The first-order valence-corrected chi connectivity index (χ1v) is 4.03. The van der Waals surface area contributed by atoms with E-state index in [4.69, 9.17) is 0 Å². The Bertz CT molecular complexity index is 77.3. The molecule has 0 aromatic heterocycles. The largest absolute Gasteiger partial charge is 0.494 e. The van der Waals surface area contributed by atoms with Crippen molar-refractivity contribution in [3.05, 3.63) is 13.2 Å². The molecule has 0 N–H and O–H groups in total. The summed E-state index contributed by atoms with van der Waals surface area (Å²) in [7, 11) is -1.52. The highest BCUT2D eigenvalue weighted by atomic mass is 31.1. The van der Waals surface area contributed by atoms with Crippen molar-refractivity contribution in [3.8, 4) is 0 Å². The lowest BCUT2D eigenvalue weighted by Crippen LogP contribution is -1.90. The molecule has 0 aromatic rings. The van der Waals surface area contributed by atoms with E-state index in [1.807, 2.05) is 0 Å². The van der Waals surface area contributed by atoms with E-state index in [2.05, 4.69) is 22.2 Å². The van der Waals surface area contributed by atoms with E-state index < -0.39 is 17.4 Å². The van der Waals surface area contributed by atoms with Crippen molar-refractivity contribution in [2.45, 2.75) is 0 Å². The molecule has 0 radical (unpaired) electrons. The zero-order chi connectivity index (χ0) is 8.24. The van der Waals surface area contributed by atoms with Crippen molar-refractivity contribution in [2.75, 3.05) is 13.2 Å². The Morgan fingerprint density at radius 2 is 1.30 bits per heavy atom. The van der Waals surface area contributed by atoms with Crippen LogP contribution in [0.15, 0.2) is 13.2 Å². The average molecular weight is 184 g/mol. The molecule has 2 unspecified atom stereocenters. The van der Waals surface area contributed by atoms with Crippen LogP contribution in [-0.4, -0.2) is 13.2 Å². The minimum atomic E-state index is -0.760. The maximum absolute atomic E-state index is 9.57. The van der Waals surface area contributed by atoms with Gasteiger partial charge < -0.3 is 0 Å². The van der Waals surface area contributed by atoms with Gasteiger partial charge in [-0.15, -0.1) is 22.2 Å². The number of hydrogen-bond donors (Lipinski definition) is 0. The van der Waals surface area contributed by atoms with E-state index in [1.54, 1.807) is 0 Å². The summed E-state index contributed by atoms with van der Waals surface area (Å²) in [4.78, 5) is 0. The second kappa shape index (κ2) is 15.9. The van der Waals surface area contributed by atoms with Gasteiger partial charge in [-0.2, -0.15) is 0 Å². The first kappa shape index (κ1) is 12.5. The van der Waals surface area contributed by atoms with E-state index in [-0.39, 0.29) is 13.2 Å². The summed E-state index contributed by atoms with van der Waals surface area (Å²) in [5, 5.41) is 0. The topological polar surface area (TPSA) is 52.6 Å². The molecule has 0 fully saturated rings. The molecule has 2 atom stereocenters. The maximum Gasteiger partial charge on any atom is 0.494 e. The third kappa shape index (κ3) is 15.7. The zero-order valence-electron chi connectivity index (χ0n) is 5.46. The maximum atomic E-state index is 9.57. The SMILES string of the molecule is C=C.O=[PH+]OCCO[PH+]=O. The van der Waals surface area contributed by atoms with Crippen LogP contribution < -0.4 is 0 Å². The highest BCUT2D eigenvalue weighted by Crippen LogP contribution is 1.96. The second-order valence-corrected chi connectivity index (χ2v) is 1.77. The zero-order valence-corrected chi connectivity index (χ0v) is 7.46. The third-order valence-corrected chi connectivity index (χ3v) is 1.05. The fourth-order valence-corrected chi connectivity index (χ4v) is 0.500. The van der Waals surface area contributed by atoms with Gasteiger partial charge in [0.25, 0.3) is 0 Å². The molecule has 0 saturated carbocycles. The Balaban J connectivity index is 0. The smallest absolute Gasteiger partial charge is 0.145 e. The third-order valence-electron chi connectivity index (χ3n) is 0.405. The van der Waals surface area contributed by atoms with Gasteiger partial charge in [-0.05, 0) is 9.13 Å². The Labute approximate surface area is 62.8 Å². The van der Waals surface area contributed by atoms with E-state index in [0.717, 1.165) is 0 Å². The van der Waals surface area contributed by atoms with Crippen LogP contribution in [0.1, 0.15) is 0 Å². The summed E-state index contributed by atoms with van der Waals surface area (Å²) in [5.41, 5.74) is 0. The molecule has 0 bridgehead atoms. The Kier molecular flexibility index (Phi) is 20.0. The van der Waals surface area contributed by atoms with Gasteiger partial charge in [-0.3, -0.25) is 0 Å². The van der Waals surface area contributed by atoms with Crippen LogP contribution in [0.2, 0.25) is 0 Å². The van der Waals surface area contributed by atoms with Crippen LogP contribution in [0.25, 0.3) is 0 Å². The van der Waals surface area contributed by atoms with Gasteiger partial charge in [0, 0.05) is 0 Å². The van der Waals surface area contributed by atoms with Crippen molar-refractivity contribution in [1.29, 1.82) is 0 Å². The molecule has 6 heteroatoms. The van der Waals surface area contributed by atoms with Gasteiger partial charge >= 0.3 is 17.4 Å². The van der Waals surface area contributed by atoms with Crippen molar-refractivity contribution < 1.29 is 18.2 Å². The van der Waals surface area contributed by atoms with E-state index in [0.29, 0.717) is 0 Å². The normalized spacial score (nSPS) is 8.80. The molecular formula is C4H10O4P2+2. The lowest BCUT2D eigenvalue weighted by molar-refractivity contribution is 0.243. The van der Waals surface area contributed by atoms with Crippen molar-refractivity contribution in [3.63, 3.8) is 0 Å². The molecule has 0 saturated heterocycles. The lowest BCUT2D eigenvalue weighted by Gasteiger charge is -1.77. The average Bonchev–Trinajstić information content (AvgIpc) is 2.02. The van der Waals surface area contributed by atoms with Gasteiger partial charge in [0.05, 0.1) is 0 Å². The summed E-state index contributed by atoms with van der Waals surface area (Å²) in [6, 6.07) is 0. The summed E-state index contributed by atoms with van der Waals surface area (Å²) >= 11 is 0. The monoisotopic (exact) mass is 184 g/mol. The van der Waals surface area contributed by atoms with Crippen LogP contribution in [0, 0.1) is 0 Å². The second-order valence-electron chi connectivity index (χ2n) is 0.864. The van der Waals surface area contributed by atoms with Crippen molar-refractivity contribution in [1.82, 2.24) is 0 Å². The Morgan fingerprint density at radius 3 is 1.50 bits per heavy atom. The molecule has 0 aliphatic heterocycles.